The highest BCUT2D eigenvalue weighted by molar-refractivity contribution is 5.92. The zero-order valence-corrected chi connectivity index (χ0v) is 11.4. The molecule has 4 nitrogen and oxygen atoms in total. The molecule has 0 aliphatic heterocycles. The van der Waals surface area contributed by atoms with Crippen molar-refractivity contribution in [2.45, 2.75) is 26.4 Å². The van der Waals surface area contributed by atoms with E-state index in [2.05, 4.69) is 12.2 Å². The molecular formula is C15H21NO3. The summed E-state index contributed by atoms with van der Waals surface area (Å²) >= 11 is 0. The number of carbonyl (C=O) groups is 1. The summed E-state index contributed by atoms with van der Waals surface area (Å²) in [5, 5.41) is 11.2. The van der Waals surface area contributed by atoms with Crippen LogP contribution in [-0.2, 0) is 4.79 Å². The predicted molar refractivity (Wildman–Crippen MR) is 76.0 cm³/mol. The minimum Gasteiger partial charge on any atom is -0.490 e. The Hall–Kier alpha value is -1.81. The number of carbonyl (C=O) groups excluding carboxylic acids is 1. The molecule has 0 fully saturated rings. The van der Waals surface area contributed by atoms with Crippen LogP contribution in [0.25, 0.3) is 6.08 Å². The molecule has 1 atom stereocenters. The minimum absolute atomic E-state index is 0.0622. The van der Waals surface area contributed by atoms with E-state index in [0.29, 0.717) is 0 Å². The zero-order valence-electron chi connectivity index (χ0n) is 11.4. The van der Waals surface area contributed by atoms with Crippen molar-refractivity contribution in [2.75, 3.05) is 13.2 Å². The molecule has 1 rings (SSSR count). The Morgan fingerprint density at radius 2 is 2.21 bits per heavy atom. The van der Waals surface area contributed by atoms with Crippen LogP contribution in [0.4, 0.5) is 0 Å². The average molecular weight is 263 g/mol. The number of rotatable bonds is 7. The fraction of sp³-hybridized carbons (Fsp3) is 0.400. The predicted octanol–water partition coefficient (Wildman–Crippen LogP) is 1.99. The van der Waals surface area contributed by atoms with Crippen LogP contribution in [0.3, 0.4) is 0 Å². The van der Waals surface area contributed by atoms with Gasteiger partial charge >= 0.3 is 0 Å². The van der Waals surface area contributed by atoms with Gasteiger partial charge in [0.1, 0.15) is 5.75 Å². The molecule has 104 valence electrons. The van der Waals surface area contributed by atoms with E-state index < -0.39 is 0 Å². The number of amides is 1. The van der Waals surface area contributed by atoms with Crippen LogP contribution in [0.5, 0.6) is 5.75 Å². The maximum atomic E-state index is 11.4. The first-order chi connectivity index (χ1) is 9.17. The third kappa shape index (κ3) is 5.57. The Kier molecular flexibility index (Phi) is 6.68. The van der Waals surface area contributed by atoms with Crippen molar-refractivity contribution in [2.24, 2.45) is 0 Å². The van der Waals surface area contributed by atoms with Gasteiger partial charge in [-0.1, -0.05) is 25.1 Å². The molecule has 0 saturated carbocycles. The first-order valence-corrected chi connectivity index (χ1v) is 6.49. The Morgan fingerprint density at radius 1 is 1.47 bits per heavy atom. The number of ether oxygens (including phenoxy) is 1. The molecule has 0 saturated heterocycles. The van der Waals surface area contributed by atoms with Crippen molar-refractivity contribution in [3.8, 4) is 5.75 Å². The van der Waals surface area contributed by atoms with Crippen molar-refractivity contribution in [3.63, 3.8) is 0 Å². The van der Waals surface area contributed by atoms with E-state index >= 15 is 0 Å². The second-order valence-corrected chi connectivity index (χ2v) is 4.22. The molecule has 0 aliphatic rings. The third-order valence-corrected chi connectivity index (χ3v) is 2.65. The molecule has 2 N–H and O–H groups in total. The molecule has 1 unspecified atom stereocenters. The van der Waals surface area contributed by atoms with Crippen LogP contribution in [0.15, 0.2) is 30.3 Å². The second kappa shape index (κ2) is 8.32. The molecule has 0 bridgehead atoms. The lowest BCUT2D eigenvalue weighted by atomic mass is 10.2. The van der Waals surface area contributed by atoms with Gasteiger partial charge in [-0.15, -0.1) is 0 Å². The van der Waals surface area contributed by atoms with E-state index in [1.54, 1.807) is 6.08 Å². The number of nitrogens with one attached hydrogen (secondary N) is 1. The second-order valence-electron chi connectivity index (χ2n) is 4.22. The normalized spacial score (nSPS) is 12.4. The van der Waals surface area contributed by atoms with Gasteiger partial charge < -0.3 is 15.2 Å². The first-order valence-electron chi connectivity index (χ1n) is 6.49. The monoisotopic (exact) mass is 263 g/mol. The highest BCUT2D eigenvalue weighted by atomic mass is 16.5. The van der Waals surface area contributed by atoms with E-state index in [9.17, 15) is 4.79 Å². The standard InChI is InChI=1S/C15H21NO3/c1-3-12(2)19-14-7-5-4-6-13(14)8-9-15(18)16-10-11-17/h4-9,12,17H,3,10-11H2,1-2H3,(H,16,18)/b9-8+. The fourth-order valence-corrected chi connectivity index (χ4v) is 1.43. The highest BCUT2D eigenvalue weighted by Crippen LogP contribution is 2.21. The molecule has 1 amide bonds. The van der Waals surface area contributed by atoms with Crippen molar-refractivity contribution >= 4 is 12.0 Å². The van der Waals surface area contributed by atoms with Gasteiger partial charge in [0.05, 0.1) is 12.7 Å². The Morgan fingerprint density at radius 3 is 2.89 bits per heavy atom. The van der Waals surface area contributed by atoms with E-state index in [1.165, 1.54) is 6.08 Å². The molecule has 0 spiro atoms. The van der Waals surface area contributed by atoms with Gasteiger partial charge in [-0.25, -0.2) is 0 Å². The average Bonchev–Trinajstić information content (AvgIpc) is 2.44. The lowest BCUT2D eigenvalue weighted by molar-refractivity contribution is -0.116. The lowest BCUT2D eigenvalue weighted by Crippen LogP contribution is -2.24. The summed E-state index contributed by atoms with van der Waals surface area (Å²) in [5.41, 5.74) is 0.863. The fourth-order valence-electron chi connectivity index (χ4n) is 1.43. The quantitative estimate of drug-likeness (QED) is 0.740. The maximum absolute atomic E-state index is 11.4. The molecule has 0 aromatic heterocycles. The summed E-state index contributed by atoms with van der Waals surface area (Å²) in [7, 11) is 0. The summed E-state index contributed by atoms with van der Waals surface area (Å²) in [6, 6.07) is 7.58. The van der Waals surface area contributed by atoms with Crippen LogP contribution in [0.2, 0.25) is 0 Å². The van der Waals surface area contributed by atoms with Crippen molar-refractivity contribution in [1.82, 2.24) is 5.32 Å². The number of aliphatic hydroxyl groups is 1. The summed E-state index contributed by atoms with van der Waals surface area (Å²) in [6.45, 7) is 4.27. The Balaban J connectivity index is 2.71. The molecule has 1 aromatic carbocycles. The van der Waals surface area contributed by atoms with E-state index in [-0.39, 0.29) is 25.2 Å². The van der Waals surface area contributed by atoms with Gasteiger partial charge in [-0.3, -0.25) is 4.79 Å². The Labute approximate surface area is 114 Å². The van der Waals surface area contributed by atoms with Crippen LogP contribution in [0.1, 0.15) is 25.8 Å². The minimum atomic E-state index is -0.229. The molecule has 0 radical (unpaired) electrons. The van der Waals surface area contributed by atoms with Gasteiger partial charge in [0, 0.05) is 18.2 Å². The number of hydrogen-bond donors (Lipinski definition) is 2. The molecule has 1 aromatic rings. The topological polar surface area (TPSA) is 58.6 Å². The number of hydrogen-bond acceptors (Lipinski definition) is 3. The van der Waals surface area contributed by atoms with Crippen LogP contribution in [-0.4, -0.2) is 30.3 Å². The van der Waals surface area contributed by atoms with Crippen LogP contribution in [0, 0.1) is 0 Å². The first kappa shape index (κ1) is 15.2. The van der Waals surface area contributed by atoms with Crippen molar-refractivity contribution in [3.05, 3.63) is 35.9 Å². The van der Waals surface area contributed by atoms with Crippen LogP contribution < -0.4 is 10.1 Å². The van der Waals surface area contributed by atoms with E-state index in [0.717, 1.165) is 17.7 Å². The SMILES string of the molecule is CCC(C)Oc1ccccc1/C=C/C(=O)NCCO. The molecule has 4 heteroatoms. The summed E-state index contributed by atoms with van der Waals surface area (Å²) in [4.78, 5) is 11.4. The van der Waals surface area contributed by atoms with E-state index in [4.69, 9.17) is 9.84 Å². The highest BCUT2D eigenvalue weighted by Gasteiger charge is 2.04. The van der Waals surface area contributed by atoms with Crippen molar-refractivity contribution in [1.29, 1.82) is 0 Å². The van der Waals surface area contributed by atoms with Gasteiger partial charge in [-0.2, -0.15) is 0 Å². The summed E-state index contributed by atoms with van der Waals surface area (Å²) < 4.78 is 5.79. The summed E-state index contributed by atoms with van der Waals surface area (Å²) in [6.07, 6.45) is 4.21. The summed E-state index contributed by atoms with van der Waals surface area (Å²) in [5.74, 6) is 0.537. The van der Waals surface area contributed by atoms with Gasteiger partial charge in [0.15, 0.2) is 0 Å². The van der Waals surface area contributed by atoms with Crippen molar-refractivity contribution < 1.29 is 14.6 Å². The number of benzene rings is 1. The molecule has 19 heavy (non-hydrogen) atoms. The molecule has 0 heterocycles. The van der Waals surface area contributed by atoms with Gasteiger partial charge in [-0.05, 0) is 25.5 Å². The van der Waals surface area contributed by atoms with E-state index in [1.807, 2.05) is 31.2 Å². The number of aliphatic hydroxyl groups excluding tert-OH is 1. The number of para-hydroxylation sites is 1. The molecular weight excluding hydrogens is 242 g/mol. The van der Waals surface area contributed by atoms with Crippen LogP contribution >= 0.6 is 0 Å². The van der Waals surface area contributed by atoms with Gasteiger partial charge in [0.25, 0.3) is 0 Å². The largest absolute Gasteiger partial charge is 0.490 e. The molecule has 0 aliphatic carbocycles. The maximum Gasteiger partial charge on any atom is 0.244 e. The smallest absolute Gasteiger partial charge is 0.244 e. The lowest BCUT2D eigenvalue weighted by Gasteiger charge is -2.14. The van der Waals surface area contributed by atoms with Gasteiger partial charge in [0.2, 0.25) is 5.91 Å². The zero-order chi connectivity index (χ0) is 14.1. The third-order valence-electron chi connectivity index (χ3n) is 2.65. The Bertz CT molecular complexity index is 429.